The Morgan fingerprint density at radius 3 is 2.40 bits per heavy atom. The highest BCUT2D eigenvalue weighted by Crippen LogP contribution is 2.32. The fraction of sp³-hybridized carbons (Fsp3) is 0.286. The monoisotopic (exact) mass is 508 g/mol. The van der Waals surface area contributed by atoms with Crippen LogP contribution in [0.4, 0.5) is 0 Å². The highest BCUT2D eigenvalue weighted by molar-refractivity contribution is 7.99. The molecule has 0 aliphatic rings. The summed E-state index contributed by atoms with van der Waals surface area (Å²) in [6.45, 7) is 0.608. The van der Waals surface area contributed by atoms with Crippen LogP contribution in [0.1, 0.15) is 31.2 Å². The van der Waals surface area contributed by atoms with Crippen LogP contribution in [0.2, 0.25) is 0 Å². The predicted octanol–water partition coefficient (Wildman–Crippen LogP) is 5.15. The summed E-state index contributed by atoms with van der Waals surface area (Å²) >= 11 is 0.437. The number of nitrogens with one attached hydrogen (secondary N) is 1. The average molecular weight is 509 g/mol. The van der Waals surface area contributed by atoms with Crippen LogP contribution in [0.3, 0.4) is 0 Å². The number of carbonyl (C=O) groups excluding carboxylic acids is 2. The van der Waals surface area contributed by atoms with E-state index in [9.17, 15) is 14.1 Å². The minimum absolute atomic E-state index is 0.00645. The van der Waals surface area contributed by atoms with Crippen molar-refractivity contribution >= 4 is 34.8 Å². The van der Waals surface area contributed by atoms with Crippen LogP contribution in [-0.4, -0.2) is 34.9 Å². The van der Waals surface area contributed by atoms with Gasteiger partial charge in [0.2, 0.25) is 11.8 Å². The van der Waals surface area contributed by atoms with Crippen LogP contribution < -0.4 is 11.1 Å². The molecule has 1 atom stereocenters. The molecule has 3 rings (SSSR count). The number of unbranched alkanes of at least 4 members (excludes halogenated alkanes) is 2. The Labute approximate surface area is 215 Å². The smallest absolute Gasteiger partial charge is 0.230 e. The number of amides is 2. The van der Waals surface area contributed by atoms with E-state index in [1.54, 1.807) is 18.0 Å². The molecule has 0 bridgehead atoms. The van der Waals surface area contributed by atoms with Crippen LogP contribution in [0.25, 0.3) is 22.3 Å². The van der Waals surface area contributed by atoms with E-state index in [-0.39, 0.29) is 11.8 Å². The molecular weight excluding hydrogens is 476 g/mol. The van der Waals surface area contributed by atoms with Crippen molar-refractivity contribution < 1.29 is 14.1 Å². The molecule has 0 saturated carbocycles. The Morgan fingerprint density at radius 2 is 1.66 bits per heavy atom. The first-order chi connectivity index (χ1) is 16.9. The van der Waals surface area contributed by atoms with Gasteiger partial charge in [-0.2, -0.15) is 0 Å². The number of hydrogen-bond acceptors (Lipinski definition) is 4. The largest absolute Gasteiger partial charge is 0.612 e. The maximum absolute atomic E-state index is 12.4. The summed E-state index contributed by atoms with van der Waals surface area (Å²) in [6, 6.07) is 24.5. The first-order valence-electron chi connectivity index (χ1n) is 11.7. The van der Waals surface area contributed by atoms with Gasteiger partial charge in [-0.1, -0.05) is 61.0 Å². The van der Waals surface area contributed by atoms with E-state index in [4.69, 9.17) is 5.73 Å². The number of thioether (sulfide) groups is 1. The standard InChI is InChI=1S/C28H32N2O3S2/c1-35(33)26-15-14-21(19-34-20-28(32)30-16-7-3-6-13-27(29)31)17-25(26)24-12-8-11-23(18-24)22-9-4-2-5-10-22/h2,4-5,8-12,14-15,17-18H,3,6-7,13,16,19-20H2,1H3,(H2,29,31)(H,30,32). The summed E-state index contributed by atoms with van der Waals surface area (Å²) in [4.78, 5) is 23.7. The minimum Gasteiger partial charge on any atom is -0.612 e. The molecule has 0 aliphatic carbocycles. The number of rotatable bonds is 13. The number of hydrogen-bond donors (Lipinski definition) is 2. The summed E-state index contributed by atoms with van der Waals surface area (Å²) in [5, 5.41) is 2.92. The number of benzene rings is 3. The molecule has 3 aromatic rings. The topological polar surface area (TPSA) is 95.2 Å². The van der Waals surface area contributed by atoms with E-state index in [1.165, 1.54) is 0 Å². The van der Waals surface area contributed by atoms with Crippen LogP contribution >= 0.6 is 11.8 Å². The van der Waals surface area contributed by atoms with E-state index in [1.807, 2.05) is 42.5 Å². The van der Waals surface area contributed by atoms with Gasteiger partial charge in [-0.3, -0.25) is 9.59 Å². The molecule has 3 N–H and O–H groups in total. The maximum Gasteiger partial charge on any atom is 0.230 e. The van der Waals surface area contributed by atoms with Crippen molar-refractivity contribution in [3.05, 3.63) is 78.4 Å². The van der Waals surface area contributed by atoms with E-state index in [0.717, 1.165) is 52.0 Å². The molecule has 0 aliphatic heterocycles. The molecule has 2 amide bonds. The third kappa shape index (κ3) is 8.76. The Kier molecular flexibility index (Phi) is 10.7. The van der Waals surface area contributed by atoms with Crippen molar-refractivity contribution in [2.24, 2.45) is 5.73 Å². The second-order valence-electron chi connectivity index (χ2n) is 8.35. The van der Waals surface area contributed by atoms with Crippen LogP contribution in [0.5, 0.6) is 0 Å². The van der Waals surface area contributed by atoms with Gasteiger partial charge in [0.05, 0.1) is 5.75 Å². The Balaban J connectivity index is 1.60. The molecule has 5 nitrogen and oxygen atoms in total. The van der Waals surface area contributed by atoms with Crippen molar-refractivity contribution in [1.29, 1.82) is 0 Å². The lowest BCUT2D eigenvalue weighted by Gasteiger charge is -2.14. The van der Waals surface area contributed by atoms with Crippen LogP contribution in [0.15, 0.2) is 77.7 Å². The SMILES string of the molecule is C[S+]([O-])c1ccc(CSCC(=O)NCCCCCC(N)=O)cc1-c1cccc(-c2ccccc2)c1. The number of carbonyl (C=O) groups is 2. The molecule has 0 heterocycles. The molecule has 3 aromatic carbocycles. The molecule has 7 heteroatoms. The second kappa shape index (κ2) is 14.0. The van der Waals surface area contributed by atoms with Gasteiger partial charge in [-0.15, -0.1) is 11.8 Å². The number of primary amides is 1. The highest BCUT2D eigenvalue weighted by atomic mass is 32.2. The van der Waals surface area contributed by atoms with Crippen molar-refractivity contribution in [2.75, 3.05) is 18.6 Å². The van der Waals surface area contributed by atoms with Gasteiger partial charge in [-0.25, -0.2) is 0 Å². The highest BCUT2D eigenvalue weighted by Gasteiger charge is 2.15. The third-order valence-electron chi connectivity index (χ3n) is 5.56. The molecule has 0 radical (unpaired) electrons. The van der Waals surface area contributed by atoms with Gasteiger partial charge in [0, 0.05) is 24.3 Å². The van der Waals surface area contributed by atoms with E-state index < -0.39 is 11.2 Å². The zero-order chi connectivity index (χ0) is 25.0. The molecule has 1 unspecified atom stereocenters. The van der Waals surface area contributed by atoms with E-state index in [2.05, 4.69) is 35.6 Å². The summed E-state index contributed by atoms with van der Waals surface area (Å²) < 4.78 is 12.4. The molecule has 0 aromatic heterocycles. The van der Waals surface area contributed by atoms with Crippen molar-refractivity contribution in [2.45, 2.75) is 36.3 Å². The van der Waals surface area contributed by atoms with Crippen molar-refractivity contribution in [3.8, 4) is 22.3 Å². The maximum atomic E-state index is 12.4. The summed E-state index contributed by atoms with van der Waals surface area (Å²) in [5.41, 5.74) is 10.5. The van der Waals surface area contributed by atoms with E-state index in [0.29, 0.717) is 24.5 Å². The first-order valence-corrected chi connectivity index (χ1v) is 14.4. The first kappa shape index (κ1) is 26.9. The lowest BCUT2D eigenvalue weighted by molar-refractivity contribution is -0.119. The van der Waals surface area contributed by atoms with Crippen molar-refractivity contribution in [1.82, 2.24) is 5.32 Å². The second-order valence-corrected chi connectivity index (χ2v) is 10.7. The third-order valence-corrected chi connectivity index (χ3v) is 7.54. The fourth-order valence-corrected chi connectivity index (χ4v) is 5.33. The van der Waals surface area contributed by atoms with E-state index >= 15 is 0 Å². The number of nitrogens with two attached hydrogens (primary N) is 1. The molecule has 0 saturated heterocycles. The summed E-state index contributed by atoms with van der Waals surface area (Å²) in [7, 11) is 0. The summed E-state index contributed by atoms with van der Waals surface area (Å²) in [5.74, 6) is 0.790. The quantitative estimate of drug-likeness (QED) is 0.246. The predicted molar refractivity (Wildman–Crippen MR) is 146 cm³/mol. The Bertz CT molecular complexity index is 1120. The average Bonchev–Trinajstić information content (AvgIpc) is 2.86. The zero-order valence-corrected chi connectivity index (χ0v) is 21.6. The summed E-state index contributed by atoms with van der Waals surface area (Å²) in [6.07, 6.45) is 4.56. The minimum atomic E-state index is -1.12. The van der Waals surface area contributed by atoms with Gasteiger partial charge >= 0.3 is 0 Å². The van der Waals surface area contributed by atoms with Gasteiger partial charge in [-0.05, 0) is 64.5 Å². The van der Waals surface area contributed by atoms with Gasteiger partial charge in [0.1, 0.15) is 6.26 Å². The molecule has 35 heavy (non-hydrogen) atoms. The fourth-order valence-electron chi connectivity index (χ4n) is 3.78. The molecular formula is C28H32N2O3S2. The molecule has 0 spiro atoms. The lowest BCUT2D eigenvalue weighted by Crippen LogP contribution is -2.26. The lowest BCUT2D eigenvalue weighted by atomic mass is 9.98. The van der Waals surface area contributed by atoms with Crippen LogP contribution in [0, 0.1) is 0 Å². The Morgan fingerprint density at radius 1 is 0.914 bits per heavy atom. The molecule has 184 valence electrons. The van der Waals surface area contributed by atoms with Gasteiger partial charge in [0.15, 0.2) is 4.90 Å². The zero-order valence-electron chi connectivity index (χ0n) is 20.0. The normalized spacial score (nSPS) is 11.7. The van der Waals surface area contributed by atoms with Crippen molar-refractivity contribution in [3.63, 3.8) is 0 Å². The van der Waals surface area contributed by atoms with Gasteiger partial charge < -0.3 is 15.6 Å². The van der Waals surface area contributed by atoms with Crippen LogP contribution in [-0.2, 0) is 26.5 Å². The Hall–Kier alpha value is -2.74. The van der Waals surface area contributed by atoms with Gasteiger partial charge in [0.25, 0.3) is 0 Å². The molecule has 0 fully saturated rings.